The van der Waals surface area contributed by atoms with E-state index in [-0.39, 0.29) is 18.9 Å². The van der Waals surface area contributed by atoms with E-state index in [0.717, 1.165) is 61.3 Å². The van der Waals surface area contributed by atoms with Gasteiger partial charge in [0, 0.05) is 19.4 Å². The summed E-state index contributed by atoms with van der Waals surface area (Å²) in [6.07, 6.45) is 8.91. The SMILES string of the molecule is O=C(CCCCCCCCCCO)NC(Cc1ccc2ccccc2c1)C(=O)O. The molecule has 0 aliphatic heterocycles. The highest BCUT2D eigenvalue weighted by Gasteiger charge is 2.20. The van der Waals surface area contributed by atoms with Gasteiger partial charge in [0.05, 0.1) is 0 Å². The number of aliphatic hydroxyl groups is 1. The molecule has 0 fully saturated rings. The van der Waals surface area contributed by atoms with E-state index in [9.17, 15) is 14.7 Å². The van der Waals surface area contributed by atoms with Gasteiger partial charge in [0.15, 0.2) is 0 Å². The van der Waals surface area contributed by atoms with Crippen molar-refractivity contribution in [3.05, 3.63) is 48.0 Å². The third kappa shape index (κ3) is 8.65. The molecule has 0 saturated heterocycles. The molecular weight excluding hydrogens is 366 g/mol. The number of hydrogen-bond acceptors (Lipinski definition) is 3. The van der Waals surface area contributed by atoms with E-state index in [2.05, 4.69) is 5.32 Å². The standard InChI is InChI=1S/C24H33NO4/c26-16-10-6-4-2-1-3-5-7-13-23(27)25-22(24(28)29)18-19-14-15-20-11-8-9-12-21(20)17-19/h8-9,11-12,14-15,17,22,26H,1-7,10,13,16,18H2,(H,25,27)(H,28,29). The molecule has 0 radical (unpaired) electrons. The van der Waals surface area contributed by atoms with Gasteiger partial charge in [-0.1, -0.05) is 81.0 Å². The molecule has 0 bridgehead atoms. The molecule has 0 spiro atoms. The fourth-order valence-electron chi connectivity index (χ4n) is 3.53. The lowest BCUT2D eigenvalue weighted by Gasteiger charge is -2.15. The zero-order chi connectivity index (χ0) is 20.9. The Bertz CT molecular complexity index is 774. The van der Waals surface area contributed by atoms with Crippen LogP contribution in [0.5, 0.6) is 0 Å². The summed E-state index contributed by atoms with van der Waals surface area (Å²) in [5, 5.41) is 23.1. The van der Waals surface area contributed by atoms with Crippen LogP contribution in [0.25, 0.3) is 10.8 Å². The Morgan fingerprint density at radius 1 is 0.828 bits per heavy atom. The minimum atomic E-state index is -1.01. The number of carboxylic acids is 1. The molecule has 158 valence electrons. The first-order valence-corrected chi connectivity index (χ1v) is 10.7. The summed E-state index contributed by atoms with van der Waals surface area (Å²) in [5.74, 6) is -1.20. The Hall–Kier alpha value is -2.40. The van der Waals surface area contributed by atoms with Crippen LogP contribution in [0.3, 0.4) is 0 Å². The number of aliphatic hydroxyl groups excluding tert-OH is 1. The van der Waals surface area contributed by atoms with Gasteiger partial charge in [-0.2, -0.15) is 0 Å². The summed E-state index contributed by atoms with van der Waals surface area (Å²) in [4.78, 5) is 23.8. The van der Waals surface area contributed by atoms with Crippen molar-refractivity contribution in [2.24, 2.45) is 0 Å². The number of hydrogen-bond donors (Lipinski definition) is 3. The monoisotopic (exact) mass is 399 g/mol. The second kappa shape index (κ2) is 12.9. The normalized spacial score (nSPS) is 12.0. The summed E-state index contributed by atoms with van der Waals surface area (Å²) in [5.41, 5.74) is 0.901. The minimum Gasteiger partial charge on any atom is -0.480 e. The van der Waals surface area contributed by atoms with Gasteiger partial charge in [-0.05, 0) is 29.2 Å². The Kier molecular flexibility index (Phi) is 10.2. The number of carbonyl (C=O) groups excluding carboxylic acids is 1. The van der Waals surface area contributed by atoms with Crippen molar-refractivity contribution in [3.63, 3.8) is 0 Å². The summed E-state index contributed by atoms with van der Waals surface area (Å²) >= 11 is 0. The second-order valence-corrected chi connectivity index (χ2v) is 7.65. The van der Waals surface area contributed by atoms with E-state index in [1.165, 1.54) is 6.42 Å². The van der Waals surface area contributed by atoms with Gasteiger partial charge >= 0.3 is 5.97 Å². The predicted octanol–water partition coefficient (Wildman–Crippen LogP) is 4.45. The molecule has 2 rings (SSSR count). The molecule has 5 nitrogen and oxygen atoms in total. The summed E-state index contributed by atoms with van der Waals surface area (Å²) in [6.45, 7) is 0.271. The lowest BCUT2D eigenvalue weighted by molar-refractivity contribution is -0.141. The van der Waals surface area contributed by atoms with Crippen LogP contribution in [0.1, 0.15) is 63.4 Å². The number of fused-ring (bicyclic) bond motifs is 1. The number of nitrogens with one attached hydrogen (secondary N) is 1. The molecule has 2 aromatic rings. The van der Waals surface area contributed by atoms with E-state index in [4.69, 9.17) is 5.11 Å². The van der Waals surface area contributed by atoms with E-state index in [1.54, 1.807) is 0 Å². The molecule has 3 N–H and O–H groups in total. The quantitative estimate of drug-likeness (QED) is 0.410. The van der Waals surface area contributed by atoms with Gasteiger partial charge in [0.2, 0.25) is 5.91 Å². The third-order valence-electron chi connectivity index (χ3n) is 5.20. The summed E-state index contributed by atoms with van der Waals surface area (Å²) < 4.78 is 0. The number of carboxylic acid groups (broad SMARTS) is 1. The first kappa shape index (κ1) is 22.9. The number of aliphatic carboxylic acids is 1. The Morgan fingerprint density at radius 3 is 2.10 bits per heavy atom. The zero-order valence-electron chi connectivity index (χ0n) is 17.1. The van der Waals surface area contributed by atoms with Crippen molar-refractivity contribution in [3.8, 4) is 0 Å². The molecule has 0 saturated carbocycles. The molecule has 29 heavy (non-hydrogen) atoms. The third-order valence-corrected chi connectivity index (χ3v) is 5.20. The average molecular weight is 400 g/mol. The fraction of sp³-hybridized carbons (Fsp3) is 0.500. The van der Waals surface area contributed by atoms with Crippen LogP contribution in [0.15, 0.2) is 42.5 Å². The second-order valence-electron chi connectivity index (χ2n) is 7.65. The number of amides is 1. The van der Waals surface area contributed by atoms with Crippen molar-refractivity contribution in [1.82, 2.24) is 5.32 Å². The van der Waals surface area contributed by atoms with E-state index >= 15 is 0 Å². The van der Waals surface area contributed by atoms with Gasteiger partial charge < -0.3 is 15.5 Å². The minimum absolute atomic E-state index is 0.193. The van der Waals surface area contributed by atoms with Crippen molar-refractivity contribution in [1.29, 1.82) is 0 Å². The van der Waals surface area contributed by atoms with Crippen LogP contribution in [0.4, 0.5) is 0 Å². The van der Waals surface area contributed by atoms with Crippen molar-refractivity contribution in [2.75, 3.05) is 6.61 Å². The van der Waals surface area contributed by atoms with Crippen LogP contribution >= 0.6 is 0 Å². The highest BCUT2D eigenvalue weighted by atomic mass is 16.4. The fourth-order valence-corrected chi connectivity index (χ4v) is 3.53. The van der Waals surface area contributed by atoms with E-state index in [1.807, 2.05) is 42.5 Å². The molecule has 5 heteroatoms. The predicted molar refractivity (Wildman–Crippen MR) is 116 cm³/mol. The molecule has 1 amide bonds. The maximum atomic E-state index is 12.2. The molecular formula is C24H33NO4. The largest absolute Gasteiger partial charge is 0.480 e. The smallest absolute Gasteiger partial charge is 0.326 e. The van der Waals surface area contributed by atoms with E-state index < -0.39 is 12.0 Å². The molecule has 0 heterocycles. The summed E-state index contributed by atoms with van der Waals surface area (Å²) in [7, 11) is 0. The summed E-state index contributed by atoms with van der Waals surface area (Å²) in [6, 6.07) is 12.9. The zero-order valence-corrected chi connectivity index (χ0v) is 17.1. The van der Waals surface area contributed by atoms with Crippen LogP contribution in [0, 0.1) is 0 Å². The van der Waals surface area contributed by atoms with E-state index in [0.29, 0.717) is 6.42 Å². The first-order chi connectivity index (χ1) is 14.1. The van der Waals surface area contributed by atoms with Crippen molar-refractivity contribution in [2.45, 2.75) is 70.3 Å². The lowest BCUT2D eigenvalue weighted by Crippen LogP contribution is -2.42. The molecule has 0 aliphatic rings. The number of carbonyl (C=O) groups is 2. The average Bonchev–Trinajstić information content (AvgIpc) is 2.72. The molecule has 0 aromatic heterocycles. The topological polar surface area (TPSA) is 86.6 Å². The maximum absolute atomic E-state index is 12.2. The van der Waals surface area contributed by atoms with Gasteiger partial charge in [-0.15, -0.1) is 0 Å². The van der Waals surface area contributed by atoms with Gasteiger partial charge in [0.1, 0.15) is 6.04 Å². The maximum Gasteiger partial charge on any atom is 0.326 e. The van der Waals surface area contributed by atoms with Crippen LogP contribution < -0.4 is 5.32 Å². The highest BCUT2D eigenvalue weighted by Crippen LogP contribution is 2.17. The Morgan fingerprint density at radius 2 is 1.45 bits per heavy atom. The van der Waals surface area contributed by atoms with Crippen molar-refractivity contribution >= 4 is 22.6 Å². The van der Waals surface area contributed by atoms with Crippen molar-refractivity contribution < 1.29 is 19.8 Å². The van der Waals surface area contributed by atoms with Crippen LogP contribution in [-0.4, -0.2) is 34.7 Å². The van der Waals surface area contributed by atoms with Gasteiger partial charge in [-0.3, -0.25) is 4.79 Å². The lowest BCUT2D eigenvalue weighted by atomic mass is 10.0. The van der Waals surface area contributed by atoms with Gasteiger partial charge in [0.25, 0.3) is 0 Å². The Balaban J connectivity index is 1.71. The first-order valence-electron chi connectivity index (χ1n) is 10.7. The highest BCUT2D eigenvalue weighted by molar-refractivity contribution is 5.85. The molecule has 1 unspecified atom stereocenters. The molecule has 0 aliphatic carbocycles. The number of benzene rings is 2. The van der Waals surface area contributed by atoms with Crippen LogP contribution in [-0.2, 0) is 16.0 Å². The Labute approximate surface area is 173 Å². The number of rotatable bonds is 14. The van der Waals surface area contributed by atoms with Gasteiger partial charge in [-0.25, -0.2) is 4.79 Å². The number of unbranched alkanes of at least 4 members (excludes halogenated alkanes) is 7. The molecule has 2 aromatic carbocycles. The molecule has 1 atom stereocenters. The van der Waals surface area contributed by atoms with Crippen LogP contribution in [0.2, 0.25) is 0 Å².